The summed E-state index contributed by atoms with van der Waals surface area (Å²) < 4.78 is 6.00. The molecule has 0 saturated heterocycles. The Morgan fingerprint density at radius 3 is 2.61 bits per heavy atom. The summed E-state index contributed by atoms with van der Waals surface area (Å²) in [5, 5.41) is 2.82. The number of carbonyl (C=O) groups is 1. The summed E-state index contributed by atoms with van der Waals surface area (Å²) in [6.07, 6.45) is 0. The third-order valence-electron chi connectivity index (χ3n) is 2.53. The van der Waals surface area contributed by atoms with E-state index in [1.54, 1.807) is 33.1 Å². The van der Waals surface area contributed by atoms with Gasteiger partial charge in [-0.1, -0.05) is 0 Å². The monoisotopic (exact) mass is 336 g/mol. The number of halogens is 2. The van der Waals surface area contributed by atoms with E-state index in [2.05, 4.69) is 21.2 Å². The number of anilines is 1. The molecule has 1 aromatic carbocycles. The molecule has 18 heavy (non-hydrogen) atoms. The van der Waals surface area contributed by atoms with E-state index in [0.29, 0.717) is 18.0 Å². The van der Waals surface area contributed by atoms with Crippen LogP contribution in [0.5, 0.6) is 5.75 Å². The Balaban J connectivity index is 0.00000289. The quantitative estimate of drug-likeness (QED) is 0.888. The van der Waals surface area contributed by atoms with Gasteiger partial charge in [-0.2, -0.15) is 0 Å². The zero-order valence-electron chi connectivity index (χ0n) is 10.6. The Hall–Kier alpha value is -0.780. The first-order valence-electron chi connectivity index (χ1n) is 5.26. The van der Waals surface area contributed by atoms with Crippen molar-refractivity contribution < 1.29 is 9.53 Å². The highest BCUT2D eigenvalue weighted by Gasteiger charge is 2.25. The molecular weight excluding hydrogens is 320 g/mol. The van der Waals surface area contributed by atoms with Crippen LogP contribution in [0.2, 0.25) is 0 Å². The summed E-state index contributed by atoms with van der Waals surface area (Å²) in [6, 6.07) is 5.38. The number of rotatable bonds is 4. The van der Waals surface area contributed by atoms with Gasteiger partial charge in [-0.05, 0) is 41.9 Å². The van der Waals surface area contributed by atoms with Crippen LogP contribution in [0.4, 0.5) is 5.69 Å². The Morgan fingerprint density at radius 1 is 1.50 bits per heavy atom. The van der Waals surface area contributed by atoms with Crippen LogP contribution in [0.1, 0.15) is 13.8 Å². The van der Waals surface area contributed by atoms with Crippen molar-refractivity contribution in [2.75, 3.05) is 19.0 Å². The average Bonchev–Trinajstić information content (AvgIpc) is 2.31. The smallest absolute Gasteiger partial charge is 0.231 e. The van der Waals surface area contributed by atoms with Gasteiger partial charge in [0, 0.05) is 18.3 Å². The van der Waals surface area contributed by atoms with Crippen LogP contribution >= 0.6 is 28.3 Å². The maximum atomic E-state index is 11.9. The minimum atomic E-state index is -0.583. The molecule has 0 radical (unpaired) electrons. The molecule has 0 bridgehead atoms. The molecular formula is C12H18BrClN2O2. The van der Waals surface area contributed by atoms with Gasteiger partial charge in [0.25, 0.3) is 0 Å². The molecule has 0 atom stereocenters. The number of amides is 1. The second-order valence-corrected chi connectivity index (χ2v) is 5.25. The van der Waals surface area contributed by atoms with Crippen molar-refractivity contribution in [3.05, 3.63) is 22.7 Å². The minimum Gasteiger partial charge on any atom is -0.495 e. The van der Waals surface area contributed by atoms with Crippen molar-refractivity contribution in [3.63, 3.8) is 0 Å². The second-order valence-electron chi connectivity index (χ2n) is 4.39. The molecule has 0 aliphatic heterocycles. The van der Waals surface area contributed by atoms with Crippen LogP contribution in [-0.4, -0.2) is 19.6 Å². The van der Waals surface area contributed by atoms with Crippen molar-refractivity contribution >= 4 is 39.9 Å². The first-order valence-corrected chi connectivity index (χ1v) is 6.05. The molecule has 1 amide bonds. The lowest BCUT2D eigenvalue weighted by Gasteiger charge is -2.21. The molecule has 0 saturated carbocycles. The molecule has 0 aliphatic rings. The summed E-state index contributed by atoms with van der Waals surface area (Å²) in [5.74, 6) is 0.567. The largest absolute Gasteiger partial charge is 0.495 e. The number of nitrogens with one attached hydrogen (secondary N) is 1. The maximum absolute atomic E-state index is 11.9. The van der Waals surface area contributed by atoms with Crippen molar-refractivity contribution in [2.45, 2.75) is 13.8 Å². The number of nitrogens with two attached hydrogens (primary N) is 1. The third kappa shape index (κ3) is 4.15. The van der Waals surface area contributed by atoms with Gasteiger partial charge in [0.15, 0.2) is 0 Å². The molecule has 3 N–H and O–H groups in total. The minimum absolute atomic E-state index is 0. The van der Waals surface area contributed by atoms with Crippen molar-refractivity contribution in [2.24, 2.45) is 11.1 Å². The Kier molecular flexibility index (Phi) is 6.67. The molecule has 0 heterocycles. The molecule has 102 valence electrons. The second kappa shape index (κ2) is 6.97. The van der Waals surface area contributed by atoms with Crippen LogP contribution < -0.4 is 15.8 Å². The van der Waals surface area contributed by atoms with Crippen LogP contribution in [0.15, 0.2) is 22.7 Å². The number of methoxy groups -OCH3 is 1. The van der Waals surface area contributed by atoms with Gasteiger partial charge < -0.3 is 15.8 Å². The lowest BCUT2D eigenvalue weighted by atomic mass is 9.92. The highest BCUT2D eigenvalue weighted by atomic mass is 79.9. The number of hydrogen-bond donors (Lipinski definition) is 2. The fraction of sp³-hybridized carbons (Fsp3) is 0.417. The van der Waals surface area contributed by atoms with Crippen LogP contribution in [-0.2, 0) is 4.79 Å². The fourth-order valence-corrected chi connectivity index (χ4v) is 1.54. The van der Waals surface area contributed by atoms with E-state index in [4.69, 9.17) is 10.5 Å². The van der Waals surface area contributed by atoms with E-state index in [1.807, 2.05) is 6.07 Å². The molecule has 0 fully saturated rings. The number of benzene rings is 1. The molecule has 0 aromatic heterocycles. The van der Waals surface area contributed by atoms with Crippen molar-refractivity contribution in [1.29, 1.82) is 0 Å². The summed E-state index contributed by atoms with van der Waals surface area (Å²) >= 11 is 3.35. The predicted octanol–water partition coefficient (Wildman–Crippen LogP) is 2.80. The maximum Gasteiger partial charge on any atom is 0.231 e. The Morgan fingerprint density at radius 2 is 2.11 bits per heavy atom. The van der Waals surface area contributed by atoms with Crippen LogP contribution in [0.25, 0.3) is 0 Å². The third-order valence-corrected chi connectivity index (χ3v) is 3.19. The SMILES string of the molecule is COc1cc(NC(=O)C(C)(C)CN)ccc1Br.Cl. The number of carbonyl (C=O) groups excluding carboxylic acids is 1. The Bertz CT molecular complexity index is 425. The predicted molar refractivity (Wildman–Crippen MR) is 79.4 cm³/mol. The van der Waals surface area contributed by atoms with E-state index in [0.717, 1.165) is 4.47 Å². The zero-order valence-corrected chi connectivity index (χ0v) is 13.0. The van der Waals surface area contributed by atoms with Gasteiger partial charge in [-0.15, -0.1) is 12.4 Å². The molecule has 6 heteroatoms. The number of ether oxygens (including phenoxy) is 1. The first-order chi connectivity index (χ1) is 7.90. The normalized spacial score (nSPS) is 10.5. The van der Waals surface area contributed by atoms with E-state index in [9.17, 15) is 4.79 Å². The van der Waals surface area contributed by atoms with E-state index < -0.39 is 5.41 Å². The van der Waals surface area contributed by atoms with E-state index in [1.165, 1.54) is 0 Å². The number of hydrogen-bond acceptors (Lipinski definition) is 3. The van der Waals surface area contributed by atoms with Crippen molar-refractivity contribution in [1.82, 2.24) is 0 Å². The topological polar surface area (TPSA) is 64.3 Å². The average molecular weight is 338 g/mol. The lowest BCUT2D eigenvalue weighted by molar-refractivity contribution is -0.123. The summed E-state index contributed by atoms with van der Waals surface area (Å²) in [7, 11) is 1.58. The summed E-state index contributed by atoms with van der Waals surface area (Å²) in [6.45, 7) is 3.91. The van der Waals surface area contributed by atoms with Crippen LogP contribution in [0, 0.1) is 5.41 Å². The van der Waals surface area contributed by atoms with E-state index >= 15 is 0 Å². The van der Waals surface area contributed by atoms with Crippen molar-refractivity contribution in [3.8, 4) is 5.75 Å². The molecule has 1 aromatic rings. The molecule has 4 nitrogen and oxygen atoms in total. The first kappa shape index (κ1) is 17.2. The van der Waals surface area contributed by atoms with Crippen LogP contribution in [0.3, 0.4) is 0 Å². The van der Waals surface area contributed by atoms with Gasteiger partial charge in [0.05, 0.1) is 17.0 Å². The zero-order chi connectivity index (χ0) is 13.1. The molecule has 1 rings (SSSR count). The lowest BCUT2D eigenvalue weighted by Crippen LogP contribution is -2.37. The highest BCUT2D eigenvalue weighted by molar-refractivity contribution is 9.10. The van der Waals surface area contributed by atoms with Gasteiger partial charge in [-0.3, -0.25) is 4.79 Å². The van der Waals surface area contributed by atoms with Gasteiger partial charge in [0.1, 0.15) is 5.75 Å². The van der Waals surface area contributed by atoms with E-state index in [-0.39, 0.29) is 18.3 Å². The highest BCUT2D eigenvalue weighted by Crippen LogP contribution is 2.28. The Labute approximate surface area is 122 Å². The molecule has 0 aliphatic carbocycles. The molecule has 0 spiro atoms. The fourth-order valence-electron chi connectivity index (χ4n) is 1.13. The standard InChI is InChI=1S/C12H17BrN2O2.ClH/c1-12(2,7-14)11(16)15-8-4-5-9(13)10(6-8)17-3;/h4-6H,7,14H2,1-3H3,(H,15,16);1H. The van der Waals surface area contributed by atoms with Gasteiger partial charge in [-0.25, -0.2) is 0 Å². The van der Waals surface area contributed by atoms with Gasteiger partial charge >= 0.3 is 0 Å². The summed E-state index contributed by atoms with van der Waals surface area (Å²) in [4.78, 5) is 11.9. The summed E-state index contributed by atoms with van der Waals surface area (Å²) in [5.41, 5.74) is 5.66. The van der Waals surface area contributed by atoms with Gasteiger partial charge in [0.2, 0.25) is 5.91 Å². The molecule has 0 unspecified atom stereocenters.